The summed E-state index contributed by atoms with van der Waals surface area (Å²) in [6.45, 7) is 13.9. The molecule has 0 saturated carbocycles. The Balaban J connectivity index is 1.28. The number of rotatable bonds is 2. The molecule has 4 heterocycles. The van der Waals surface area contributed by atoms with Crippen molar-refractivity contribution in [1.29, 1.82) is 0 Å². The van der Waals surface area contributed by atoms with Gasteiger partial charge in [0.05, 0.1) is 0 Å². The van der Waals surface area contributed by atoms with Crippen LogP contribution in [0.3, 0.4) is 0 Å². The number of hydrogen-bond acceptors (Lipinski definition) is 3. The average Bonchev–Trinajstić information content (AvgIpc) is 3.19. The fraction of sp³-hybridized carbons (Fsp3) is 0.160. The molecule has 0 spiro atoms. The molecule has 4 aliphatic rings. The summed E-state index contributed by atoms with van der Waals surface area (Å²) < 4.78 is 0. The van der Waals surface area contributed by atoms with E-state index in [2.05, 4.69) is 208 Å². The highest BCUT2D eigenvalue weighted by molar-refractivity contribution is 7.04. The van der Waals surface area contributed by atoms with E-state index in [1.54, 1.807) is 0 Å². The molecule has 0 unspecified atom stereocenters. The van der Waals surface area contributed by atoms with Gasteiger partial charge in [0.2, 0.25) is 0 Å². The Hall–Kier alpha value is -5.93. The lowest BCUT2D eigenvalue weighted by Gasteiger charge is -2.51. The third-order valence-electron chi connectivity index (χ3n) is 12.6. The van der Waals surface area contributed by atoms with E-state index in [4.69, 9.17) is 0 Å². The van der Waals surface area contributed by atoms with Crippen LogP contribution in [0.15, 0.2) is 152 Å². The quantitative estimate of drug-likeness (QED) is 0.166. The highest BCUT2D eigenvalue weighted by Crippen LogP contribution is 2.49. The van der Waals surface area contributed by atoms with Crippen molar-refractivity contribution in [2.24, 2.45) is 0 Å². The van der Waals surface area contributed by atoms with Crippen LogP contribution >= 0.6 is 0 Å². The van der Waals surface area contributed by atoms with E-state index in [1.807, 2.05) is 0 Å². The third-order valence-corrected chi connectivity index (χ3v) is 12.6. The summed E-state index contributed by atoms with van der Waals surface area (Å²) in [4.78, 5) is 7.71. The zero-order valence-electron chi connectivity index (χ0n) is 32.4. The van der Waals surface area contributed by atoms with Gasteiger partial charge in [-0.1, -0.05) is 139 Å². The van der Waals surface area contributed by atoms with Gasteiger partial charge >= 0.3 is 0 Å². The van der Waals surface area contributed by atoms with Crippen LogP contribution in [0, 0.1) is 0 Å². The van der Waals surface area contributed by atoms with Crippen LogP contribution in [0.5, 0.6) is 0 Å². The first-order chi connectivity index (χ1) is 26.6. The normalized spacial score (nSPS) is 14.5. The molecular formula is C50H43B2N3. The van der Waals surface area contributed by atoms with Crippen LogP contribution in [0.1, 0.15) is 52.7 Å². The Bertz CT molecular complexity index is 2520. The van der Waals surface area contributed by atoms with Crippen LogP contribution in [-0.4, -0.2) is 13.4 Å². The zero-order chi connectivity index (χ0) is 37.4. The number of para-hydroxylation sites is 4. The summed E-state index contributed by atoms with van der Waals surface area (Å²) >= 11 is 0. The predicted molar refractivity (Wildman–Crippen MR) is 237 cm³/mol. The highest BCUT2D eigenvalue weighted by Gasteiger charge is 2.51. The number of nitrogens with zero attached hydrogens (tertiary/aromatic N) is 3. The Kier molecular flexibility index (Phi) is 6.68. The minimum atomic E-state index is 0.0640. The first kappa shape index (κ1) is 32.5. The fourth-order valence-corrected chi connectivity index (χ4v) is 9.96. The van der Waals surface area contributed by atoms with Crippen molar-refractivity contribution in [1.82, 2.24) is 0 Å². The first-order valence-corrected chi connectivity index (χ1v) is 19.8. The molecule has 11 rings (SSSR count). The van der Waals surface area contributed by atoms with Gasteiger partial charge < -0.3 is 14.7 Å². The van der Waals surface area contributed by atoms with Crippen LogP contribution in [-0.2, 0) is 10.8 Å². The summed E-state index contributed by atoms with van der Waals surface area (Å²) in [5, 5.41) is 0. The Morgan fingerprint density at radius 2 is 0.655 bits per heavy atom. The summed E-state index contributed by atoms with van der Waals surface area (Å²) in [6.07, 6.45) is 0. The van der Waals surface area contributed by atoms with Gasteiger partial charge in [-0.3, -0.25) is 0 Å². The molecule has 0 radical (unpaired) electrons. The molecule has 7 aromatic rings. The molecule has 0 saturated heterocycles. The topological polar surface area (TPSA) is 9.72 Å². The molecule has 0 bridgehead atoms. The Morgan fingerprint density at radius 1 is 0.345 bits per heavy atom. The van der Waals surface area contributed by atoms with Crippen molar-refractivity contribution in [3.63, 3.8) is 0 Å². The number of benzene rings is 7. The van der Waals surface area contributed by atoms with Crippen LogP contribution in [0.2, 0.25) is 0 Å². The van der Waals surface area contributed by atoms with Crippen molar-refractivity contribution in [3.05, 3.63) is 163 Å². The van der Waals surface area contributed by atoms with Crippen LogP contribution in [0.25, 0.3) is 0 Å². The fourth-order valence-electron chi connectivity index (χ4n) is 9.96. The second-order valence-corrected chi connectivity index (χ2v) is 17.8. The lowest BCUT2D eigenvalue weighted by atomic mass is 9.29. The van der Waals surface area contributed by atoms with E-state index in [0.717, 1.165) is 0 Å². The number of hydrogen-bond donors (Lipinski definition) is 0. The maximum atomic E-state index is 2.61. The molecular weight excluding hydrogens is 664 g/mol. The molecule has 4 aliphatic heterocycles. The largest absolute Gasteiger partial charge is 0.312 e. The molecule has 0 amide bonds. The summed E-state index contributed by atoms with van der Waals surface area (Å²) in [6, 6.07) is 57.7. The van der Waals surface area contributed by atoms with Gasteiger partial charge in [-0.25, -0.2) is 0 Å². The Morgan fingerprint density at radius 3 is 0.982 bits per heavy atom. The molecule has 0 atom stereocenters. The van der Waals surface area contributed by atoms with Gasteiger partial charge in [-0.05, 0) is 109 Å². The van der Waals surface area contributed by atoms with E-state index >= 15 is 0 Å². The lowest BCUT2D eigenvalue weighted by molar-refractivity contribution is 0.590. The molecule has 0 fully saturated rings. The minimum absolute atomic E-state index is 0.0640. The molecule has 7 aromatic carbocycles. The molecule has 0 aromatic heterocycles. The summed E-state index contributed by atoms with van der Waals surface area (Å²) in [5.41, 5.74) is 22.2. The van der Waals surface area contributed by atoms with Gasteiger partial charge in [0, 0.05) is 51.2 Å². The third kappa shape index (κ3) is 4.53. The Labute approximate surface area is 326 Å². The van der Waals surface area contributed by atoms with E-state index < -0.39 is 0 Å². The molecule has 264 valence electrons. The number of fused-ring (bicyclic) bond motifs is 10. The van der Waals surface area contributed by atoms with Gasteiger partial charge in [0.1, 0.15) is 0 Å². The predicted octanol–water partition coefficient (Wildman–Crippen LogP) is 8.98. The van der Waals surface area contributed by atoms with Gasteiger partial charge in [-0.15, -0.1) is 0 Å². The van der Waals surface area contributed by atoms with Crippen molar-refractivity contribution in [2.45, 2.75) is 52.4 Å². The van der Waals surface area contributed by atoms with Crippen molar-refractivity contribution in [2.75, 3.05) is 14.7 Å². The minimum Gasteiger partial charge on any atom is -0.312 e. The highest BCUT2D eigenvalue weighted by atomic mass is 15.2. The first-order valence-electron chi connectivity index (χ1n) is 19.8. The second kappa shape index (κ2) is 11.3. The zero-order valence-corrected chi connectivity index (χ0v) is 32.4. The SMILES string of the molecule is CC(C)(C)c1ccc(N2c3ccccc3B3c4ccccc4N4c5ccccc5B5c6ccccc6N(c6ccc(C(C)(C)C)cc6)c6cc2c3c4c65)cc1. The molecule has 0 aliphatic carbocycles. The van der Waals surface area contributed by atoms with Crippen molar-refractivity contribution < 1.29 is 0 Å². The van der Waals surface area contributed by atoms with E-state index in [0.29, 0.717) is 0 Å². The second-order valence-electron chi connectivity index (χ2n) is 17.8. The van der Waals surface area contributed by atoms with E-state index in [9.17, 15) is 0 Å². The molecule has 55 heavy (non-hydrogen) atoms. The summed E-state index contributed by atoms with van der Waals surface area (Å²) in [7, 11) is 0. The van der Waals surface area contributed by atoms with Gasteiger partial charge in [0.15, 0.2) is 0 Å². The van der Waals surface area contributed by atoms with Gasteiger partial charge in [0.25, 0.3) is 13.4 Å². The molecule has 0 N–H and O–H groups in total. The van der Waals surface area contributed by atoms with Crippen molar-refractivity contribution in [3.8, 4) is 0 Å². The molecule has 5 heteroatoms. The van der Waals surface area contributed by atoms with E-state index in [1.165, 1.54) is 95.1 Å². The maximum absolute atomic E-state index is 2.61. The molecule has 3 nitrogen and oxygen atoms in total. The van der Waals surface area contributed by atoms with Crippen LogP contribution < -0.4 is 47.5 Å². The number of anilines is 9. The summed E-state index contributed by atoms with van der Waals surface area (Å²) in [5.74, 6) is 0. The monoisotopic (exact) mass is 707 g/mol. The van der Waals surface area contributed by atoms with Crippen molar-refractivity contribution >= 4 is 97.4 Å². The van der Waals surface area contributed by atoms with Crippen LogP contribution in [0.4, 0.5) is 51.2 Å². The van der Waals surface area contributed by atoms with Gasteiger partial charge in [-0.2, -0.15) is 0 Å². The average molecular weight is 708 g/mol. The lowest BCUT2D eigenvalue weighted by Crippen LogP contribution is -2.68. The van der Waals surface area contributed by atoms with E-state index in [-0.39, 0.29) is 24.3 Å². The smallest absolute Gasteiger partial charge is 0.252 e. The maximum Gasteiger partial charge on any atom is 0.252 e. The standard InChI is InChI=1S/C50H43B2N3/c1-49(2,3)32-23-27-34(28-24-32)53-40-19-11-7-15-36(40)51-38-17-9-13-21-42(38)55-43-22-14-10-18-39(43)52-37-16-8-12-20-41(37)54(35-29-25-33(26-30-35)50(4,5)6)45-31-44(53)46(51)48(55)47(45)52/h7-31H,1-6H3.